The molecule has 12 nitrogen and oxygen atoms in total. The minimum atomic E-state index is -1.17. The van der Waals surface area contributed by atoms with E-state index in [2.05, 4.69) is 0 Å². The van der Waals surface area contributed by atoms with Gasteiger partial charge in [0.25, 0.3) is 0 Å². The summed E-state index contributed by atoms with van der Waals surface area (Å²) in [6.07, 6.45) is -3.02. The number of Topliss-reactive ketones (excluding diaryl/α,β-unsaturated/α-hetero) is 1. The number of hydrogen-bond acceptors (Lipinski definition) is 12. The van der Waals surface area contributed by atoms with Crippen molar-refractivity contribution in [2.45, 2.75) is 50.5 Å². The van der Waals surface area contributed by atoms with Gasteiger partial charge in [-0.15, -0.1) is 0 Å². The molecule has 0 unspecified atom stereocenters. The first kappa shape index (κ1) is 34.8. The molecule has 0 bridgehead atoms. The fourth-order valence-electron chi connectivity index (χ4n) is 6.95. The standard InChI is InChI=1S/C38H40O12/c1-44-26-8-6-20(12-29(26)47-4)36-25(42)15-24-28(46-3)14-23(18-41)33(38(24)50-36)34-32-22(17-40)10-19(16-39)11-31(32)49-37(35(34)43)21-7-9-27(45-2)30(13-21)48-5/h6-14,25,34,36-37,39-42H,15-18H2,1-5H3/t25-,34+,36+,37+/m0/s1. The molecule has 4 aromatic rings. The summed E-state index contributed by atoms with van der Waals surface area (Å²) in [5, 5.41) is 43.0. The number of methoxy groups -OCH3 is 5. The second-order valence-electron chi connectivity index (χ2n) is 12.0. The summed E-state index contributed by atoms with van der Waals surface area (Å²) in [5.74, 6) is 1.13. The van der Waals surface area contributed by atoms with Crippen LogP contribution < -0.4 is 33.2 Å². The molecule has 2 aliphatic rings. The van der Waals surface area contributed by atoms with Gasteiger partial charge in [0.15, 0.2) is 34.9 Å². The van der Waals surface area contributed by atoms with Gasteiger partial charge < -0.3 is 53.6 Å². The Balaban J connectivity index is 1.60. The van der Waals surface area contributed by atoms with E-state index in [1.807, 2.05) is 0 Å². The third kappa shape index (κ3) is 5.94. The number of aliphatic hydroxyl groups is 4. The topological polar surface area (TPSA) is 163 Å². The van der Waals surface area contributed by atoms with E-state index in [-0.39, 0.29) is 24.5 Å². The van der Waals surface area contributed by atoms with Crippen LogP contribution in [0.25, 0.3) is 0 Å². The molecule has 0 aromatic heterocycles. The van der Waals surface area contributed by atoms with Crippen LogP contribution in [0.2, 0.25) is 0 Å². The van der Waals surface area contributed by atoms with Crippen molar-refractivity contribution < 1.29 is 58.4 Å². The molecule has 50 heavy (non-hydrogen) atoms. The molecule has 2 heterocycles. The van der Waals surface area contributed by atoms with E-state index in [0.29, 0.717) is 73.3 Å². The van der Waals surface area contributed by atoms with Crippen LogP contribution in [0.3, 0.4) is 0 Å². The Labute approximate surface area is 289 Å². The van der Waals surface area contributed by atoms with Crippen LogP contribution in [0.1, 0.15) is 62.6 Å². The van der Waals surface area contributed by atoms with Crippen LogP contribution in [0.4, 0.5) is 0 Å². The lowest BCUT2D eigenvalue weighted by Gasteiger charge is -2.38. The molecule has 0 radical (unpaired) electrons. The molecule has 0 aliphatic carbocycles. The van der Waals surface area contributed by atoms with Crippen molar-refractivity contribution in [3.63, 3.8) is 0 Å². The van der Waals surface area contributed by atoms with E-state index in [1.165, 1.54) is 35.5 Å². The summed E-state index contributed by atoms with van der Waals surface area (Å²) in [4.78, 5) is 15.0. The third-order valence-corrected chi connectivity index (χ3v) is 9.32. The van der Waals surface area contributed by atoms with Crippen molar-refractivity contribution in [2.24, 2.45) is 0 Å². The lowest BCUT2D eigenvalue weighted by atomic mass is 9.75. The highest BCUT2D eigenvalue weighted by Crippen LogP contribution is 2.53. The SMILES string of the molecule is COc1ccc([C@H]2Oc3c(c(OC)cc(CO)c3[C@@H]3C(=O)[C@@H](c4ccc(OC)c(OC)c4)Oc4cc(CO)cc(CO)c43)C[C@@H]2O)cc1OC. The van der Waals surface area contributed by atoms with E-state index < -0.39 is 43.2 Å². The molecular formula is C38H40O12. The van der Waals surface area contributed by atoms with Crippen LogP contribution in [0, 0.1) is 0 Å². The average molecular weight is 689 g/mol. The number of ether oxygens (including phenoxy) is 7. The summed E-state index contributed by atoms with van der Waals surface area (Å²) >= 11 is 0. The molecule has 0 spiro atoms. The molecule has 0 fully saturated rings. The van der Waals surface area contributed by atoms with E-state index in [4.69, 9.17) is 33.2 Å². The van der Waals surface area contributed by atoms with Crippen LogP contribution in [0.5, 0.6) is 40.2 Å². The second-order valence-corrected chi connectivity index (χ2v) is 12.0. The molecule has 0 amide bonds. The lowest BCUT2D eigenvalue weighted by molar-refractivity contribution is -0.128. The predicted molar refractivity (Wildman–Crippen MR) is 180 cm³/mol. The van der Waals surface area contributed by atoms with Gasteiger partial charge in [-0.3, -0.25) is 4.79 Å². The minimum absolute atomic E-state index is 0.0932. The molecule has 2 aliphatic heterocycles. The largest absolute Gasteiger partial charge is 0.496 e. The maximum absolute atomic E-state index is 15.0. The fraction of sp³-hybridized carbons (Fsp3) is 0.342. The number of rotatable bonds is 11. The predicted octanol–water partition coefficient (Wildman–Crippen LogP) is 4.08. The van der Waals surface area contributed by atoms with E-state index in [9.17, 15) is 25.2 Å². The number of carbonyl (C=O) groups excluding carboxylic acids is 1. The Hall–Kier alpha value is -5.01. The van der Waals surface area contributed by atoms with Crippen molar-refractivity contribution in [1.82, 2.24) is 0 Å². The Bertz CT molecular complexity index is 1900. The number of fused-ring (bicyclic) bond motifs is 2. The number of aliphatic hydroxyl groups excluding tert-OH is 4. The van der Waals surface area contributed by atoms with Gasteiger partial charge in [0.05, 0.1) is 67.4 Å². The fourth-order valence-corrected chi connectivity index (χ4v) is 6.95. The summed E-state index contributed by atoms with van der Waals surface area (Å²) in [7, 11) is 7.51. The Kier molecular flexibility index (Phi) is 10.1. The van der Waals surface area contributed by atoms with Crippen molar-refractivity contribution in [2.75, 3.05) is 35.5 Å². The zero-order valence-electron chi connectivity index (χ0n) is 28.4. The first-order chi connectivity index (χ1) is 24.2. The first-order valence-electron chi connectivity index (χ1n) is 15.9. The Morgan fingerprint density at radius 2 is 1.24 bits per heavy atom. The summed E-state index contributed by atoms with van der Waals surface area (Å²) in [6, 6.07) is 15.1. The average Bonchev–Trinajstić information content (AvgIpc) is 3.15. The first-order valence-corrected chi connectivity index (χ1v) is 15.9. The normalized spacial score (nSPS) is 19.4. The molecular weight excluding hydrogens is 648 g/mol. The molecule has 4 atom stereocenters. The molecule has 4 N–H and O–H groups in total. The summed E-state index contributed by atoms with van der Waals surface area (Å²) < 4.78 is 40.7. The molecule has 0 saturated carbocycles. The van der Waals surface area contributed by atoms with Crippen molar-refractivity contribution in [1.29, 1.82) is 0 Å². The van der Waals surface area contributed by atoms with E-state index >= 15 is 0 Å². The van der Waals surface area contributed by atoms with Gasteiger partial charge >= 0.3 is 0 Å². The number of ketones is 1. The van der Waals surface area contributed by atoms with Gasteiger partial charge in [-0.2, -0.15) is 0 Å². The monoisotopic (exact) mass is 688 g/mol. The van der Waals surface area contributed by atoms with Crippen LogP contribution >= 0.6 is 0 Å². The van der Waals surface area contributed by atoms with Crippen LogP contribution in [-0.4, -0.2) is 67.9 Å². The Morgan fingerprint density at radius 1 is 0.660 bits per heavy atom. The molecule has 12 heteroatoms. The van der Waals surface area contributed by atoms with Gasteiger partial charge in [-0.1, -0.05) is 18.2 Å². The lowest BCUT2D eigenvalue weighted by Crippen LogP contribution is -2.35. The quantitative estimate of drug-likeness (QED) is 0.179. The number of carbonyl (C=O) groups is 1. The molecule has 4 aromatic carbocycles. The minimum Gasteiger partial charge on any atom is -0.496 e. The maximum atomic E-state index is 15.0. The van der Waals surface area contributed by atoms with Gasteiger partial charge in [0.1, 0.15) is 23.4 Å². The zero-order chi connectivity index (χ0) is 35.7. The van der Waals surface area contributed by atoms with Crippen molar-refractivity contribution in [3.05, 3.63) is 99.1 Å². The Morgan fingerprint density at radius 3 is 1.82 bits per heavy atom. The van der Waals surface area contributed by atoms with Crippen LogP contribution in [0.15, 0.2) is 54.6 Å². The van der Waals surface area contributed by atoms with Gasteiger partial charge in [0, 0.05) is 28.7 Å². The maximum Gasteiger partial charge on any atom is 0.190 e. The number of benzene rings is 4. The highest BCUT2D eigenvalue weighted by Gasteiger charge is 2.45. The molecule has 0 saturated heterocycles. The van der Waals surface area contributed by atoms with Crippen molar-refractivity contribution in [3.8, 4) is 40.2 Å². The number of hydrogen-bond donors (Lipinski definition) is 4. The van der Waals surface area contributed by atoms with E-state index in [0.717, 1.165) is 0 Å². The summed E-state index contributed by atoms with van der Waals surface area (Å²) in [6.45, 7) is -1.29. The molecule has 264 valence electrons. The molecule has 6 rings (SSSR count). The summed E-state index contributed by atoms with van der Waals surface area (Å²) in [5.41, 5.74) is 3.44. The highest BCUT2D eigenvalue weighted by molar-refractivity contribution is 5.97. The van der Waals surface area contributed by atoms with Gasteiger partial charge in [-0.25, -0.2) is 0 Å². The smallest absolute Gasteiger partial charge is 0.190 e. The second kappa shape index (κ2) is 14.5. The van der Waals surface area contributed by atoms with Gasteiger partial charge in [0.2, 0.25) is 0 Å². The van der Waals surface area contributed by atoms with Gasteiger partial charge in [-0.05, 0) is 58.7 Å². The van der Waals surface area contributed by atoms with Crippen molar-refractivity contribution >= 4 is 5.78 Å². The third-order valence-electron chi connectivity index (χ3n) is 9.32. The highest BCUT2D eigenvalue weighted by atomic mass is 16.5. The van der Waals surface area contributed by atoms with Crippen LogP contribution in [-0.2, 0) is 31.0 Å². The zero-order valence-corrected chi connectivity index (χ0v) is 28.4. The van der Waals surface area contributed by atoms with E-state index in [1.54, 1.807) is 54.6 Å².